The molecule has 0 aliphatic carbocycles. The van der Waals surface area contributed by atoms with Gasteiger partial charge in [-0.05, 0) is 42.8 Å². The number of ether oxygens (including phenoxy) is 1. The highest BCUT2D eigenvalue weighted by Crippen LogP contribution is 2.26. The van der Waals surface area contributed by atoms with Gasteiger partial charge in [-0.3, -0.25) is 4.79 Å². The van der Waals surface area contributed by atoms with Crippen LogP contribution >= 0.6 is 15.9 Å². The molecule has 104 valence electrons. The number of rotatable bonds is 3. The van der Waals surface area contributed by atoms with Crippen LogP contribution in [0.3, 0.4) is 0 Å². The van der Waals surface area contributed by atoms with Crippen molar-refractivity contribution < 1.29 is 13.9 Å². The van der Waals surface area contributed by atoms with Gasteiger partial charge in [0.15, 0.2) is 0 Å². The Morgan fingerprint density at radius 1 is 1.25 bits per heavy atom. The van der Waals surface area contributed by atoms with Crippen molar-refractivity contribution in [2.24, 2.45) is 0 Å². The van der Waals surface area contributed by atoms with Crippen LogP contribution in [-0.4, -0.2) is 13.0 Å². The van der Waals surface area contributed by atoms with Crippen molar-refractivity contribution >= 4 is 27.5 Å². The molecule has 2 aromatic carbocycles. The smallest absolute Gasteiger partial charge is 0.258 e. The lowest BCUT2D eigenvalue weighted by atomic mass is 10.1. The first-order valence-electron chi connectivity index (χ1n) is 5.92. The molecular weight excluding hydrogens is 325 g/mol. The zero-order valence-electron chi connectivity index (χ0n) is 11.0. The molecule has 0 aliphatic heterocycles. The van der Waals surface area contributed by atoms with Crippen LogP contribution in [0.5, 0.6) is 5.75 Å². The average Bonchev–Trinajstić information content (AvgIpc) is 2.41. The third-order valence-corrected chi connectivity index (χ3v) is 3.27. The van der Waals surface area contributed by atoms with Crippen LogP contribution < -0.4 is 10.1 Å². The van der Waals surface area contributed by atoms with Gasteiger partial charge in [-0.15, -0.1) is 0 Å². The van der Waals surface area contributed by atoms with Crippen molar-refractivity contribution in [3.63, 3.8) is 0 Å². The quantitative estimate of drug-likeness (QED) is 0.913. The summed E-state index contributed by atoms with van der Waals surface area (Å²) < 4.78 is 19.5. The number of hydrogen-bond acceptors (Lipinski definition) is 2. The summed E-state index contributed by atoms with van der Waals surface area (Å²) in [5.41, 5.74) is 1.45. The maximum atomic E-state index is 13.7. The van der Waals surface area contributed by atoms with Gasteiger partial charge >= 0.3 is 0 Å². The van der Waals surface area contributed by atoms with E-state index < -0.39 is 11.7 Å². The molecule has 0 unspecified atom stereocenters. The molecule has 5 heteroatoms. The van der Waals surface area contributed by atoms with E-state index in [1.54, 1.807) is 18.2 Å². The van der Waals surface area contributed by atoms with Crippen molar-refractivity contribution in [3.05, 3.63) is 57.8 Å². The molecular formula is C15H13BrFNO2. The lowest BCUT2D eigenvalue weighted by Gasteiger charge is -2.11. The first-order valence-corrected chi connectivity index (χ1v) is 6.71. The van der Waals surface area contributed by atoms with Gasteiger partial charge in [0.05, 0.1) is 18.4 Å². The van der Waals surface area contributed by atoms with E-state index in [1.807, 2.05) is 13.0 Å². The summed E-state index contributed by atoms with van der Waals surface area (Å²) >= 11 is 3.22. The first kappa shape index (κ1) is 14.5. The minimum atomic E-state index is -0.572. The summed E-state index contributed by atoms with van der Waals surface area (Å²) in [6.07, 6.45) is 0. The number of anilines is 1. The second kappa shape index (κ2) is 6.05. The molecule has 0 spiro atoms. The summed E-state index contributed by atoms with van der Waals surface area (Å²) in [4.78, 5) is 12.1. The largest absolute Gasteiger partial charge is 0.495 e. The number of methoxy groups -OCH3 is 1. The molecule has 0 radical (unpaired) electrons. The Morgan fingerprint density at radius 3 is 2.70 bits per heavy atom. The van der Waals surface area contributed by atoms with Crippen LogP contribution in [0.2, 0.25) is 0 Å². The van der Waals surface area contributed by atoms with Gasteiger partial charge in [-0.2, -0.15) is 0 Å². The molecule has 20 heavy (non-hydrogen) atoms. The molecule has 1 N–H and O–H groups in total. The number of carbonyl (C=O) groups excluding carboxylic acids is 1. The van der Waals surface area contributed by atoms with Gasteiger partial charge in [-0.25, -0.2) is 4.39 Å². The lowest BCUT2D eigenvalue weighted by molar-refractivity contribution is 0.102. The number of benzene rings is 2. The number of aryl methyl sites for hydroxylation is 1. The molecule has 0 saturated carbocycles. The predicted molar refractivity (Wildman–Crippen MR) is 79.8 cm³/mol. The van der Waals surface area contributed by atoms with Crippen LogP contribution in [0.25, 0.3) is 0 Å². The zero-order valence-corrected chi connectivity index (χ0v) is 12.6. The number of nitrogens with one attached hydrogen (secondary N) is 1. The SMILES string of the molecule is COc1ccc(C)cc1NC(=O)c1cc(Br)ccc1F. The Kier molecular flexibility index (Phi) is 4.39. The number of amides is 1. The number of carbonyl (C=O) groups is 1. The van der Waals surface area contributed by atoms with Crippen molar-refractivity contribution in [2.45, 2.75) is 6.92 Å². The molecule has 0 aromatic heterocycles. The van der Waals surface area contributed by atoms with Crippen molar-refractivity contribution in [3.8, 4) is 5.75 Å². The van der Waals surface area contributed by atoms with Gasteiger partial charge in [-0.1, -0.05) is 22.0 Å². The highest BCUT2D eigenvalue weighted by atomic mass is 79.9. The summed E-state index contributed by atoms with van der Waals surface area (Å²) in [6.45, 7) is 1.90. The van der Waals surface area contributed by atoms with Crippen LogP contribution in [0.4, 0.5) is 10.1 Å². The average molecular weight is 338 g/mol. The summed E-state index contributed by atoms with van der Waals surface area (Å²) in [6, 6.07) is 9.61. The summed E-state index contributed by atoms with van der Waals surface area (Å²) in [5, 5.41) is 2.66. The number of halogens is 2. The summed E-state index contributed by atoms with van der Waals surface area (Å²) in [7, 11) is 1.51. The molecule has 0 heterocycles. The molecule has 0 aliphatic rings. The van der Waals surface area contributed by atoms with Gasteiger partial charge < -0.3 is 10.1 Å². The fourth-order valence-electron chi connectivity index (χ4n) is 1.78. The first-order chi connectivity index (χ1) is 9.51. The van der Waals surface area contributed by atoms with E-state index in [0.717, 1.165) is 5.56 Å². The normalized spacial score (nSPS) is 10.2. The monoisotopic (exact) mass is 337 g/mol. The topological polar surface area (TPSA) is 38.3 Å². The molecule has 3 nitrogen and oxygen atoms in total. The Morgan fingerprint density at radius 2 is 2.00 bits per heavy atom. The Hall–Kier alpha value is -1.88. The predicted octanol–water partition coefficient (Wildman–Crippen LogP) is 4.16. The van der Waals surface area contributed by atoms with E-state index in [4.69, 9.17) is 4.74 Å². The van der Waals surface area contributed by atoms with Crippen LogP contribution in [0.15, 0.2) is 40.9 Å². The van der Waals surface area contributed by atoms with Crippen molar-refractivity contribution in [1.29, 1.82) is 0 Å². The van der Waals surface area contributed by atoms with Gasteiger partial charge in [0.2, 0.25) is 0 Å². The van der Waals surface area contributed by atoms with Gasteiger partial charge in [0.25, 0.3) is 5.91 Å². The summed E-state index contributed by atoms with van der Waals surface area (Å²) in [5.74, 6) is -0.565. The Bertz CT molecular complexity index is 658. The Balaban J connectivity index is 2.32. The molecule has 0 fully saturated rings. The van der Waals surface area contributed by atoms with Crippen LogP contribution in [-0.2, 0) is 0 Å². The van der Waals surface area contributed by atoms with Crippen molar-refractivity contribution in [1.82, 2.24) is 0 Å². The van der Waals surface area contributed by atoms with E-state index in [1.165, 1.54) is 19.2 Å². The highest BCUT2D eigenvalue weighted by Gasteiger charge is 2.14. The molecule has 0 atom stereocenters. The standard InChI is InChI=1S/C15H13BrFNO2/c1-9-3-6-14(20-2)13(7-9)18-15(19)11-8-10(16)4-5-12(11)17/h3-8H,1-2H3,(H,18,19). The van der Waals surface area contributed by atoms with E-state index >= 15 is 0 Å². The van der Waals surface area contributed by atoms with E-state index in [-0.39, 0.29) is 5.56 Å². The van der Waals surface area contributed by atoms with E-state index in [0.29, 0.717) is 15.9 Å². The van der Waals surface area contributed by atoms with Gasteiger partial charge in [0.1, 0.15) is 11.6 Å². The fourth-order valence-corrected chi connectivity index (χ4v) is 2.14. The van der Waals surface area contributed by atoms with Gasteiger partial charge in [0, 0.05) is 4.47 Å². The number of hydrogen-bond donors (Lipinski definition) is 1. The molecule has 2 rings (SSSR count). The Labute approximate surface area is 124 Å². The minimum Gasteiger partial charge on any atom is -0.495 e. The zero-order chi connectivity index (χ0) is 14.7. The highest BCUT2D eigenvalue weighted by molar-refractivity contribution is 9.10. The molecule has 1 amide bonds. The second-order valence-electron chi connectivity index (χ2n) is 4.28. The fraction of sp³-hybridized carbons (Fsp3) is 0.133. The van der Waals surface area contributed by atoms with Crippen LogP contribution in [0, 0.1) is 12.7 Å². The van der Waals surface area contributed by atoms with E-state index in [9.17, 15) is 9.18 Å². The minimum absolute atomic E-state index is 0.0251. The van der Waals surface area contributed by atoms with Crippen LogP contribution in [0.1, 0.15) is 15.9 Å². The van der Waals surface area contributed by atoms with Crippen molar-refractivity contribution in [2.75, 3.05) is 12.4 Å². The lowest BCUT2D eigenvalue weighted by Crippen LogP contribution is -2.14. The van der Waals surface area contributed by atoms with E-state index in [2.05, 4.69) is 21.2 Å². The molecule has 0 bridgehead atoms. The maximum absolute atomic E-state index is 13.7. The second-order valence-corrected chi connectivity index (χ2v) is 5.20. The molecule has 0 saturated heterocycles. The maximum Gasteiger partial charge on any atom is 0.258 e. The third-order valence-electron chi connectivity index (χ3n) is 2.78. The third kappa shape index (κ3) is 3.17. The molecule has 2 aromatic rings.